The zero-order valence-electron chi connectivity index (χ0n) is 21.6. The first-order valence-electron chi connectivity index (χ1n) is 11.5. The molecule has 0 aliphatic carbocycles. The van der Waals surface area contributed by atoms with Crippen molar-refractivity contribution >= 4 is 39.1 Å². The van der Waals surface area contributed by atoms with Crippen LogP contribution in [0.3, 0.4) is 0 Å². The van der Waals surface area contributed by atoms with Gasteiger partial charge in [-0.3, -0.25) is 13.9 Å². The number of aryl methyl sites for hydroxylation is 2. The smallest absolute Gasteiger partial charge is 0.244 e. The average Bonchev–Trinajstić information content (AvgIpc) is 2.71. The second kappa shape index (κ2) is 11.4. The van der Waals surface area contributed by atoms with Crippen LogP contribution in [0, 0.1) is 13.8 Å². The summed E-state index contributed by atoms with van der Waals surface area (Å²) in [6.45, 7) is 10.9. The highest BCUT2D eigenvalue weighted by Gasteiger charge is 2.33. The average molecular weight is 522 g/mol. The van der Waals surface area contributed by atoms with Gasteiger partial charge >= 0.3 is 0 Å². The Kier molecular flexibility index (Phi) is 9.36. The molecule has 0 saturated heterocycles. The molecular formula is C26H36ClN3O4S. The van der Waals surface area contributed by atoms with Gasteiger partial charge < -0.3 is 10.2 Å². The number of halogens is 1. The lowest BCUT2D eigenvalue weighted by molar-refractivity contribution is -0.141. The summed E-state index contributed by atoms with van der Waals surface area (Å²) in [5.74, 6) is -0.769. The van der Waals surface area contributed by atoms with E-state index in [0.29, 0.717) is 17.1 Å². The van der Waals surface area contributed by atoms with Crippen LogP contribution in [0.5, 0.6) is 0 Å². The number of hydrogen-bond donors (Lipinski definition) is 1. The second-order valence-electron chi connectivity index (χ2n) is 9.88. The number of sulfonamides is 1. The highest BCUT2D eigenvalue weighted by Crippen LogP contribution is 2.25. The molecule has 0 unspecified atom stereocenters. The van der Waals surface area contributed by atoms with E-state index in [-0.39, 0.29) is 12.5 Å². The molecule has 0 aliphatic heterocycles. The van der Waals surface area contributed by atoms with E-state index in [4.69, 9.17) is 11.6 Å². The normalized spacial score (nSPS) is 12.7. The fourth-order valence-electron chi connectivity index (χ4n) is 3.73. The Bertz CT molecular complexity index is 1180. The minimum absolute atomic E-state index is 0.169. The summed E-state index contributed by atoms with van der Waals surface area (Å²) in [7, 11) is -3.81. The van der Waals surface area contributed by atoms with Gasteiger partial charge in [0, 0.05) is 17.1 Å². The van der Waals surface area contributed by atoms with Gasteiger partial charge in [0.1, 0.15) is 12.6 Å². The van der Waals surface area contributed by atoms with Crippen LogP contribution < -0.4 is 9.62 Å². The minimum Gasteiger partial charge on any atom is -0.350 e. The number of carbonyl (C=O) groups excluding carboxylic acids is 2. The van der Waals surface area contributed by atoms with Gasteiger partial charge in [-0.25, -0.2) is 8.42 Å². The van der Waals surface area contributed by atoms with Crippen molar-refractivity contribution in [3.05, 3.63) is 64.2 Å². The van der Waals surface area contributed by atoms with E-state index in [2.05, 4.69) is 5.32 Å². The summed E-state index contributed by atoms with van der Waals surface area (Å²) in [6.07, 6.45) is 1.41. The molecule has 2 amide bonds. The van der Waals surface area contributed by atoms with Crippen LogP contribution in [0.15, 0.2) is 42.5 Å². The number of amides is 2. The van der Waals surface area contributed by atoms with Crippen molar-refractivity contribution in [2.75, 3.05) is 17.1 Å². The van der Waals surface area contributed by atoms with Gasteiger partial charge in [-0.2, -0.15) is 0 Å². The Morgan fingerprint density at radius 2 is 1.74 bits per heavy atom. The summed E-state index contributed by atoms with van der Waals surface area (Å²) in [4.78, 5) is 28.3. The van der Waals surface area contributed by atoms with Crippen molar-refractivity contribution in [2.45, 2.75) is 66.1 Å². The third kappa shape index (κ3) is 8.25. The summed E-state index contributed by atoms with van der Waals surface area (Å²) in [6, 6.07) is 11.7. The Morgan fingerprint density at radius 1 is 1.09 bits per heavy atom. The largest absolute Gasteiger partial charge is 0.350 e. The topological polar surface area (TPSA) is 86.8 Å². The maximum atomic E-state index is 13.7. The van der Waals surface area contributed by atoms with Crippen molar-refractivity contribution in [2.24, 2.45) is 0 Å². The molecule has 9 heteroatoms. The Balaban J connectivity index is 2.48. The van der Waals surface area contributed by atoms with Gasteiger partial charge in [0.25, 0.3) is 0 Å². The number of carbonyl (C=O) groups is 2. The van der Waals surface area contributed by atoms with Crippen molar-refractivity contribution in [3.63, 3.8) is 0 Å². The van der Waals surface area contributed by atoms with Crippen LogP contribution in [-0.4, -0.2) is 49.5 Å². The molecule has 2 aromatic rings. The number of nitrogens with one attached hydrogen (secondary N) is 1. The summed E-state index contributed by atoms with van der Waals surface area (Å²) in [5.41, 5.74) is 2.47. The minimum atomic E-state index is -3.81. The molecule has 0 bridgehead atoms. The highest BCUT2D eigenvalue weighted by atomic mass is 35.5. The number of nitrogens with zero attached hydrogens (tertiary/aromatic N) is 2. The SMILES string of the molecule is CC[C@@H](C(=O)NC(C)(C)C)N(Cc1cccc(C)c1)C(=O)CN(c1ccc(C)c(Cl)c1)S(C)(=O)=O. The molecule has 0 spiro atoms. The number of benzene rings is 2. The molecule has 0 aromatic heterocycles. The van der Waals surface area contributed by atoms with Crippen molar-refractivity contribution in [1.29, 1.82) is 0 Å². The third-order valence-electron chi connectivity index (χ3n) is 5.44. The number of hydrogen-bond acceptors (Lipinski definition) is 4. The van der Waals surface area contributed by atoms with Gasteiger partial charge in [-0.05, 0) is 64.3 Å². The summed E-state index contributed by atoms with van der Waals surface area (Å²) < 4.78 is 26.4. The molecular weight excluding hydrogens is 486 g/mol. The van der Waals surface area contributed by atoms with E-state index in [9.17, 15) is 18.0 Å². The Labute approximate surface area is 214 Å². The van der Waals surface area contributed by atoms with Crippen LogP contribution >= 0.6 is 11.6 Å². The monoisotopic (exact) mass is 521 g/mol. The molecule has 0 saturated carbocycles. The first-order valence-corrected chi connectivity index (χ1v) is 13.8. The first kappa shape index (κ1) is 28.7. The van der Waals surface area contributed by atoms with Gasteiger partial charge in [0.05, 0.1) is 11.9 Å². The van der Waals surface area contributed by atoms with Gasteiger partial charge in [0.15, 0.2) is 0 Å². The summed E-state index contributed by atoms with van der Waals surface area (Å²) in [5, 5.41) is 3.35. The third-order valence-corrected chi connectivity index (χ3v) is 6.99. The number of anilines is 1. The van der Waals surface area contributed by atoms with E-state index < -0.39 is 34.1 Å². The molecule has 35 heavy (non-hydrogen) atoms. The lowest BCUT2D eigenvalue weighted by Crippen LogP contribution is -2.55. The molecule has 2 rings (SSSR count). The molecule has 0 heterocycles. The van der Waals surface area contributed by atoms with Crippen LogP contribution in [0.25, 0.3) is 0 Å². The number of rotatable bonds is 9. The molecule has 2 aromatic carbocycles. The van der Waals surface area contributed by atoms with E-state index in [1.165, 1.54) is 11.0 Å². The summed E-state index contributed by atoms with van der Waals surface area (Å²) >= 11 is 6.24. The maximum Gasteiger partial charge on any atom is 0.244 e. The first-order chi connectivity index (χ1) is 16.1. The zero-order chi connectivity index (χ0) is 26.6. The van der Waals surface area contributed by atoms with Crippen LogP contribution in [0.4, 0.5) is 5.69 Å². The van der Waals surface area contributed by atoms with Crippen LogP contribution in [-0.2, 0) is 26.2 Å². The Hall–Kier alpha value is -2.58. The van der Waals surface area contributed by atoms with Gasteiger partial charge in [-0.15, -0.1) is 0 Å². The zero-order valence-corrected chi connectivity index (χ0v) is 23.1. The second-order valence-corrected chi connectivity index (χ2v) is 12.2. The van der Waals surface area contributed by atoms with Crippen molar-refractivity contribution in [1.82, 2.24) is 10.2 Å². The fourth-order valence-corrected chi connectivity index (χ4v) is 4.75. The molecule has 1 atom stereocenters. The molecule has 0 fully saturated rings. The van der Waals surface area contributed by atoms with Crippen LogP contribution in [0.2, 0.25) is 5.02 Å². The van der Waals surface area contributed by atoms with E-state index in [1.807, 2.05) is 65.8 Å². The lowest BCUT2D eigenvalue weighted by atomic mass is 10.0. The molecule has 7 nitrogen and oxygen atoms in total. The van der Waals surface area contributed by atoms with Gasteiger partial charge in [-0.1, -0.05) is 54.4 Å². The van der Waals surface area contributed by atoms with E-state index in [1.54, 1.807) is 12.1 Å². The van der Waals surface area contributed by atoms with E-state index >= 15 is 0 Å². The van der Waals surface area contributed by atoms with Crippen LogP contribution in [0.1, 0.15) is 50.8 Å². The highest BCUT2D eigenvalue weighted by molar-refractivity contribution is 7.92. The van der Waals surface area contributed by atoms with Crippen molar-refractivity contribution < 1.29 is 18.0 Å². The maximum absolute atomic E-state index is 13.7. The standard InChI is InChI=1S/C26H36ClN3O4S/c1-8-23(25(32)28-26(4,5)6)29(16-20-11-9-10-18(2)14-20)24(31)17-30(35(7,33)34)21-13-12-19(3)22(27)15-21/h9-15,23H,8,16-17H2,1-7H3,(H,28,32)/t23-/m0/s1. The predicted octanol–water partition coefficient (Wildman–Crippen LogP) is 4.44. The van der Waals surface area contributed by atoms with Gasteiger partial charge in [0.2, 0.25) is 21.8 Å². The lowest BCUT2D eigenvalue weighted by Gasteiger charge is -2.34. The van der Waals surface area contributed by atoms with E-state index in [0.717, 1.165) is 27.3 Å². The van der Waals surface area contributed by atoms with Crippen molar-refractivity contribution in [3.8, 4) is 0 Å². The molecule has 0 radical (unpaired) electrons. The molecule has 192 valence electrons. The molecule has 1 N–H and O–H groups in total. The fraction of sp³-hybridized carbons (Fsp3) is 0.462. The quantitative estimate of drug-likeness (QED) is 0.528. The molecule has 0 aliphatic rings. The Morgan fingerprint density at radius 3 is 2.26 bits per heavy atom. The predicted molar refractivity (Wildman–Crippen MR) is 142 cm³/mol.